The molecule has 3 N–H and O–H groups in total. The maximum absolute atomic E-state index is 14.0. The van der Waals surface area contributed by atoms with Gasteiger partial charge in [0.1, 0.15) is 5.82 Å². The van der Waals surface area contributed by atoms with E-state index in [9.17, 15) is 13.6 Å². The fourth-order valence-corrected chi connectivity index (χ4v) is 2.42. The monoisotopic (exact) mass is 369 g/mol. The summed E-state index contributed by atoms with van der Waals surface area (Å²) in [5.74, 6) is -1.18. The molecule has 0 unspecified atom stereocenters. The predicted octanol–water partition coefficient (Wildman–Crippen LogP) is 4.51. The molecule has 27 heavy (non-hydrogen) atoms. The molecule has 0 bridgehead atoms. The highest BCUT2D eigenvalue weighted by molar-refractivity contribution is 5.89. The molecule has 1 aromatic heterocycles. The van der Waals surface area contributed by atoms with Crippen LogP contribution in [0.4, 0.5) is 37.6 Å². The van der Waals surface area contributed by atoms with E-state index in [1.165, 1.54) is 25.1 Å². The third kappa shape index (κ3) is 4.75. The van der Waals surface area contributed by atoms with Crippen molar-refractivity contribution in [2.24, 2.45) is 0 Å². The van der Waals surface area contributed by atoms with Gasteiger partial charge in [-0.2, -0.15) is 4.98 Å². The van der Waals surface area contributed by atoms with Crippen LogP contribution in [0.15, 0.2) is 48.7 Å². The normalized spacial score (nSPS) is 10.4. The molecule has 0 saturated carbocycles. The Bertz CT molecular complexity index is 994. The average molecular weight is 369 g/mol. The molecule has 0 spiro atoms. The van der Waals surface area contributed by atoms with Crippen molar-refractivity contribution in [1.82, 2.24) is 9.97 Å². The van der Waals surface area contributed by atoms with E-state index in [1.54, 1.807) is 24.3 Å². The number of halogens is 2. The minimum Gasteiger partial charge on any atom is -0.338 e. The van der Waals surface area contributed by atoms with E-state index >= 15 is 0 Å². The summed E-state index contributed by atoms with van der Waals surface area (Å²) >= 11 is 0. The van der Waals surface area contributed by atoms with Crippen LogP contribution in [0.2, 0.25) is 0 Å². The average Bonchev–Trinajstić information content (AvgIpc) is 2.60. The number of hydrogen-bond donors (Lipinski definition) is 3. The number of hydrogen-bond acceptors (Lipinski definition) is 5. The van der Waals surface area contributed by atoms with Gasteiger partial charge in [0.25, 0.3) is 0 Å². The molecule has 2 aromatic carbocycles. The smallest absolute Gasteiger partial charge is 0.229 e. The number of aryl methyl sites for hydroxylation is 1. The van der Waals surface area contributed by atoms with Crippen LogP contribution in [0.1, 0.15) is 12.5 Å². The van der Waals surface area contributed by atoms with E-state index in [2.05, 4.69) is 25.9 Å². The summed E-state index contributed by atoms with van der Waals surface area (Å²) in [6.45, 7) is 3.28. The van der Waals surface area contributed by atoms with Gasteiger partial charge in [0.05, 0.1) is 6.20 Å². The van der Waals surface area contributed by atoms with E-state index in [0.29, 0.717) is 17.1 Å². The molecule has 6 nitrogen and oxygen atoms in total. The van der Waals surface area contributed by atoms with Crippen LogP contribution in [0, 0.1) is 18.6 Å². The number of anilines is 5. The van der Waals surface area contributed by atoms with Crippen molar-refractivity contribution in [3.8, 4) is 0 Å². The van der Waals surface area contributed by atoms with Crippen molar-refractivity contribution in [3.05, 3.63) is 65.9 Å². The molecule has 0 atom stereocenters. The molecule has 3 rings (SSSR count). The highest BCUT2D eigenvalue weighted by Gasteiger charge is 2.09. The molecule has 3 aromatic rings. The minimum atomic E-state index is -0.665. The van der Waals surface area contributed by atoms with Gasteiger partial charge in [0, 0.05) is 24.0 Å². The van der Waals surface area contributed by atoms with Gasteiger partial charge in [-0.05, 0) is 48.9 Å². The van der Waals surface area contributed by atoms with E-state index in [-0.39, 0.29) is 17.7 Å². The van der Waals surface area contributed by atoms with Crippen LogP contribution in [-0.2, 0) is 4.79 Å². The molecule has 0 fully saturated rings. The third-order valence-electron chi connectivity index (χ3n) is 3.62. The number of carbonyl (C=O) groups excluding carboxylic acids is 1. The molecule has 138 valence electrons. The lowest BCUT2D eigenvalue weighted by Crippen LogP contribution is -2.07. The van der Waals surface area contributed by atoms with Crippen LogP contribution in [0.3, 0.4) is 0 Å². The summed E-state index contributed by atoms with van der Waals surface area (Å²) in [6.07, 6.45) is 1.02. The summed E-state index contributed by atoms with van der Waals surface area (Å²) in [5.41, 5.74) is 2.58. The van der Waals surface area contributed by atoms with Gasteiger partial charge in [0.2, 0.25) is 11.9 Å². The zero-order valence-electron chi connectivity index (χ0n) is 14.7. The molecule has 0 saturated heterocycles. The topological polar surface area (TPSA) is 78.9 Å². The van der Waals surface area contributed by atoms with Crippen LogP contribution in [-0.4, -0.2) is 15.9 Å². The molecule has 0 aliphatic carbocycles. The van der Waals surface area contributed by atoms with Gasteiger partial charge in [0.15, 0.2) is 11.6 Å². The molecule has 1 heterocycles. The van der Waals surface area contributed by atoms with Gasteiger partial charge in [-0.25, -0.2) is 13.8 Å². The second-order valence-electron chi connectivity index (χ2n) is 5.86. The Hall–Kier alpha value is -3.55. The molecule has 8 heteroatoms. The van der Waals surface area contributed by atoms with Gasteiger partial charge in [-0.1, -0.05) is 6.07 Å². The van der Waals surface area contributed by atoms with Crippen molar-refractivity contribution in [1.29, 1.82) is 0 Å². The summed E-state index contributed by atoms with van der Waals surface area (Å²) in [7, 11) is 0. The van der Waals surface area contributed by atoms with Crippen LogP contribution >= 0.6 is 0 Å². The fraction of sp³-hybridized carbons (Fsp3) is 0.105. The number of nitrogens with one attached hydrogen (secondary N) is 3. The maximum atomic E-state index is 14.0. The molecule has 0 aliphatic rings. The molecular formula is C19H17F2N5O. The van der Waals surface area contributed by atoms with Crippen LogP contribution < -0.4 is 16.0 Å². The van der Waals surface area contributed by atoms with Gasteiger partial charge in [-0.15, -0.1) is 0 Å². The molecule has 1 amide bonds. The first kappa shape index (κ1) is 18.2. The fourth-order valence-electron chi connectivity index (χ4n) is 2.42. The largest absolute Gasteiger partial charge is 0.338 e. The Labute approximate surface area is 154 Å². The van der Waals surface area contributed by atoms with Crippen molar-refractivity contribution < 1.29 is 13.6 Å². The number of rotatable bonds is 5. The summed E-state index contributed by atoms with van der Waals surface area (Å²) in [5, 5.41) is 8.43. The number of carbonyl (C=O) groups is 1. The quantitative estimate of drug-likeness (QED) is 0.617. The predicted molar refractivity (Wildman–Crippen MR) is 100 cm³/mol. The van der Waals surface area contributed by atoms with Crippen LogP contribution in [0.5, 0.6) is 0 Å². The van der Waals surface area contributed by atoms with Crippen LogP contribution in [0.25, 0.3) is 0 Å². The van der Waals surface area contributed by atoms with Crippen molar-refractivity contribution in [2.45, 2.75) is 13.8 Å². The lowest BCUT2D eigenvalue weighted by Gasteiger charge is -2.11. The van der Waals surface area contributed by atoms with Gasteiger partial charge in [-0.3, -0.25) is 4.79 Å². The lowest BCUT2D eigenvalue weighted by molar-refractivity contribution is -0.114. The summed E-state index contributed by atoms with van der Waals surface area (Å²) < 4.78 is 27.3. The van der Waals surface area contributed by atoms with E-state index in [4.69, 9.17) is 0 Å². The standard InChI is InChI=1S/C19H17F2N5O/c1-11-8-15(6-7-17(11)23-12(2)27)25-19-22-10-16(21)18(26-19)24-14-5-3-4-13(20)9-14/h3-10H,1-2H3,(H,23,27)(H2,22,24,25,26). The minimum absolute atomic E-state index is 0.0790. The number of nitrogens with zero attached hydrogens (tertiary/aromatic N) is 2. The first-order chi connectivity index (χ1) is 12.9. The van der Waals surface area contributed by atoms with Gasteiger partial charge < -0.3 is 16.0 Å². The first-order valence-electron chi connectivity index (χ1n) is 8.11. The second-order valence-corrected chi connectivity index (χ2v) is 5.86. The Balaban J connectivity index is 1.80. The Kier molecular flexibility index (Phi) is 5.25. The molecule has 0 aliphatic heterocycles. The first-order valence-corrected chi connectivity index (χ1v) is 8.11. The summed E-state index contributed by atoms with van der Waals surface area (Å²) in [4.78, 5) is 19.2. The van der Waals surface area contributed by atoms with Crippen molar-refractivity contribution in [3.63, 3.8) is 0 Å². The lowest BCUT2D eigenvalue weighted by atomic mass is 10.1. The van der Waals surface area contributed by atoms with Crippen molar-refractivity contribution >= 4 is 34.7 Å². The molecule has 0 radical (unpaired) electrons. The van der Waals surface area contributed by atoms with E-state index in [1.807, 2.05) is 6.92 Å². The zero-order chi connectivity index (χ0) is 19.4. The van der Waals surface area contributed by atoms with Gasteiger partial charge >= 0.3 is 0 Å². The number of aromatic nitrogens is 2. The van der Waals surface area contributed by atoms with Crippen molar-refractivity contribution in [2.75, 3.05) is 16.0 Å². The zero-order valence-corrected chi connectivity index (χ0v) is 14.7. The summed E-state index contributed by atoms with van der Waals surface area (Å²) in [6, 6.07) is 10.9. The number of amides is 1. The second kappa shape index (κ2) is 7.77. The third-order valence-corrected chi connectivity index (χ3v) is 3.62. The number of benzene rings is 2. The van der Waals surface area contributed by atoms with E-state index in [0.717, 1.165) is 11.8 Å². The Morgan fingerprint density at radius 1 is 1.04 bits per heavy atom. The molecular weight excluding hydrogens is 352 g/mol. The Morgan fingerprint density at radius 3 is 2.52 bits per heavy atom. The Morgan fingerprint density at radius 2 is 1.81 bits per heavy atom. The highest BCUT2D eigenvalue weighted by Crippen LogP contribution is 2.23. The SMILES string of the molecule is CC(=O)Nc1ccc(Nc2ncc(F)c(Nc3cccc(F)c3)n2)cc1C. The maximum Gasteiger partial charge on any atom is 0.229 e. The highest BCUT2D eigenvalue weighted by atomic mass is 19.1. The van der Waals surface area contributed by atoms with E-state index < -0.39 is 11.6 Å².